The van der Waals surface area contributed by atoms with Gasteiger partial charge in [-0.15, -0.1) is 0 Å². The number of aromatic nitrogens is 3. The Bertz CT molecular complexity index is 667. The summed E-state index contributed by atoms with van der Waals surface area (Å²) in [4.78, 5) is 18.2. The second kappa shape index (κ2) is 4.61. The zero-order chi connectivity index (χ0) is 13.6. The Balaban J connectivity index is 2.08. The molecular formula is C11H12ClN3O4. The third-order valence-corrected chi connectivity index (χ3v) is 3.55. The van der Waals surface area contributed by atoms with Crippen LogP contribution in [0.2, 0.25) is 5.02 Å². The smallest absolute Gasteiger partial charge is 0.261 e. The van der Waals surface area contributed by atoms with Crippen molar-refractivity contribution in [1.82, 2.24) is 14.5 Å². The fourth-order valence-corrected chi connectivity index (χ4v) is 2.59. The Kier molecular flexibility index (Phi) is 3.06. The first kappa shape index (κ1) is 12.6. The monoisotopic (exact) mass is 285 g/mol. The largest absolute Gasteiger partial charge is 0.394 e. The summed E-state index contributed by atoms with van der Waals surface area (Å²) in [7, 11) is 0. The van der Waals surface area contributed by atoms with Gasteiger partial charge in [0.1, 0.15) is 17.7 Å². The van der Waals surface area contributed by atoms with Gasteiger partial charge < -0.3 is 24.5 Å². The van der Waals surface area contributed by atoms with Gasteiger partial charge in [0.2, 0.25) is 0 Å². The van der Waals surface area contributed by atoms with Crippen LogP contribution in [0.1, 0.15) is 12.6 Å². The summed E-state index contributed by atoms with van der Waals surface area (Å²) in [5, 5.41) is 19.4. The van der Waals surface area contributed by atoms with Gasteiger partial charge in [0.05, 0.1) is 24.1 Å². The van der Waals surface area contributed by atoms with E-state index in [1.54, 1.807) is 10.8 Å². The van der Waals surface area contributed by atoms with Crippen molar-refractivity contribution in [3.8, 4) is 0 Å². The van der Waals surface area contributed by atoms with E-state index in [1.165, 1.54) is 6.33 Å². The first-order valence-corrected chi connectivity index (χ1v) is 6.17. The second-order valence-corrected chi connectivity index (χ2v) is 4.84. The van der Waals surface area contributed by atoms with Gasteiger partial charge in [0, 0.05) is 12.6 Å². The molecule has 0 saturated carbocycles. The van der Waals surface area contributed by atoms with E-state index in [4.69, 9.17) is 21.4 Å². The van der Waals surface area contributed by atoms with Crippen molar-refractivity contribution < 1.29 is 14.9 Å². The molecule has 3 atom stereocenters. The van der Waals surface area contributed by atoms with Crippen LogP contribution in [-0.4, -0.2) is 43.6 Å². The molecule has 1 fully saturated rings. The van der Waals surface area contributed by atoms with Gasteiger partial charge in [-0.3, -0.25) is 4.79 Å². The third-order valence-electron chi connectivity index (χ3n) is 3.26. The maximum atomic E-state index is 11.7. The minimum absolute atomic E-state index is 0.265. The molecule has 0 radical (unpaired) electrons. The number of fused-ring (bicyclic) bond motifs is 1. The van der Waals surface area contributed by atoms with Crippen molar-refractivity contribution in [1.29, 1.82) is 0 Å². The molecular weight excluding hydrogens is 274 g/mol. The fourth-order valence-electron chi connectivity index (χ4n) is 2.32. The van der Waals surface area contributed by atoms with E-state index in [0.29, 0.717) is 12.1 Å². The second-order valence-electron chi connectivity index (χ2n) is 4.43. The van der Waals surface area contributed by atoms with Crippen LogP contribution in [0.4, 0.5) is 0 Å². The van der Waals surface area contributed by atoms with Gasteiger partial charge in [0.15, 0.2) is 5.65 Å². The summed E-state index contributed by atoms with van der Waals surface area (Å²) >= 11 is 6.02. The van der Waals surface area contributed by atoms with Crippen molar-refractivity contribution >= 4 is 22.6 Å². The molecule has 1 aliphatic rings. The van der Waals surface area contributed by atoms with Gasteiger partial charge in [-0.05, 0) is 0 Å². The molecule has 2 aromatic rings. The number of aromatic amines is 1. The average molecular weight is 286 g/mol. The van der Waals surface area contributed by atoms with Gasteiger partial charge in [0.25, 0.3) is 5.56 Å². The maximum Gasteiger partial charge on any atom is 0.261 e. The molecule has 1 aliphatic heterocycles. The van der Waals surface area contributed by atoms with E-state index in [1.807, 2.05) is 0 Å². The standard InChI is InChI=1S/C11H12ClN3O4/c12-5-2-15(8-1-6(17)7(3-16)19-8)10-9(5)11(18)14-4-13-10/h2,4,6-8,16-17H,1,3H2,(H,13,14,18)/t6-,7+,8+/m0/s1. The summed E-state index contributed by atoms with van der Waals surface area (Å²) in [5.41, 5.74) is 0.0653. The molecule has 1 saturated heterocycles. The first-order valence-electron chi connectivity index (χ1n) is 5.80. The van der Waals surface area contributed by atoms with Crippen molar-refractivity contribution in [2.45, 2.75) is 24.9 Å². The van der Waals surface area contributed by atoms with Crippen molar-refractivity contribution in [2.24, 2.45) is 0 Å². The number of nitrogens with one attached hydrogen (secondary N) is 1. The van der Waals surface area contributed by atoms with Crippen molar-refractivity contribution in [2.75, 3.05) is 6.61 Å². The lowest BCUT2D eigenvalue weighted by Gasteiger charge is -2.14. The van der Waals surface area contributed by atoms with E-state index < -0.39 is 18.4 Å². The summed E-state index contributed by atoms with van der Waals surface area (Å²) in [6.45, 7) is -0.265. The minimum Gasteiger partial charge on any atom is -0.394 e. The molecule has 0 amide bonds. The predicted octanol–water partition coefficient (Wildman–Crippen LogP) is 0.0187. The molecule has 0 unspecified atom stereocenters. The molecule has 102 valence electrons. The van der Waals surface area contributed by atoms with Gasteiger partial charge in [-0.25, -0.2) is 4.98 Å². The molecule has 2 aromatic heterocycles. The Hall–Kier alpha value is -1.41. The zero-order valence-corrected chi connectivity index (χ0v) is 10.5. The van der Waals surface area contributed by atoms with Crippen LogP contribution in [0.3, 0.4) is 0 Å². The quantitative estimate of drug-likeness (QED) is 0.722. The van der Waals surface area contributed by atoms with E-state index in [2.05, 4.69) is 9.97 Å². The Labute approximate surface area is 112 Å². The zero-order valence-electron chi connectivity index (χ0n) is 9.78. The summed E-state index contributed by atoms with van der Waals surface area (Å²) < 4.78 is 7.13. The molecule has 3 N–H and O–H groups in total. The predicted molar refractivity (Wildman–Crippen MR) is 67.0 cm³/mol. The van der Waals surface area contributed by atoms with Crippen LogP contribution in [0, 0.1) is 0 Å². The Morgan fingerprint density at radius 3 is 3.11 bits per heavy atom. The van der Waals surface area contributed by atoms with Gasteiger partial charge in [-0.2, -0.15) is 0 Å². The number of halogens is 1. The van der Waals surface area contributed by atoms with Crippen LogP contribution >= 0.6 is 11.6 Å². The fraction of sp³-hybridized carbons (Fsp3) is 0.455. The van der Waals surface area contributed by atoms with Crippen LogP contribution in [-0.2, 0) is 4.74 Å². The SMILES string of the molecule is O=c1[nH]cnc2c1c(Cl)cn2[C@H]1C[C@H](O)[C@@H](CO)O1. The van der Waals surface area contributed by atoms with E-state index in [0.717, 1.165) is 0 Å². The lowest BCUT2D eigenvalue weighted by Crippen LogP contribution is -2.24. The number of aliphatic hydroxyl groups excluding tert-OH is 2. The highest BCUT2D eigenvalue weighted by molar-refractivity contribution is 6.35. The van der Waals surface area contributed by atoms with Crippen molar-refractivity contribution in [3.05, 3.63) is 27.9 Å². The highest BCUT2D eigenvalue weighted by Gasteiger charge is 2.35. The summed E-state index contributed by atoms with van der Waals surface area (Å²) in [6, 6.07) is 0. The molecule has 0 spiro atoms. The van der Waals surface area contributed by atoms with Crippen molar-refractivity contribution in [3.63, 3.8) is 0 Å². The molecule has 7 nitrogen and oxygen atoms in total. The third kappa shape index (κ3) is 1.95. The maximum absolute atomic E-state index is 11.7. The average Bonchev–Trinajstić information content (AvgIpc) is 2.91. The first-order chi connectivity index (χ1) is 9.11. The van der Waals surface area contributed by atoms with Gasteiger partial charge >= 0.3 is 0 Å². The molecule has 3 heterocycles. The molecule has 19 heavy (non-hydrogen) atoms. The topological polar surface area (TPSA) is 100 Å². The van der Waals surface area contributed by atoms with E-state index >= 15 is 0 Å². The summed E-state index contributed by atoms with van der Waals surface area (Å²) in [5.74, 6) is 0. The number of hydrogen-bond donors (Lipinski definition) is 3. The molecule has 0 bridgehead atoms. The van der Waals surface area contributed by atoms with Crippen LogP contribution in [0.15, 0.2) is 17.3 Å². The number of H-pyrrole nitrogens is 1. The highest BCUT2D eigenvalue weighted by atomic mass is 35.5. The summed E-state index contributed by atoms with van der Waals surface area (Å²) in [6.07, 6.45) is 1.24. The number of hydrogen-bond acceptors (Lipinski definition) is 5. The molecule has 0 aromatic carbocycles. The highest BCUT2D eigenvalue weighted by Crippen LogP contribution is 2.33. The number of nitrogens with zero attached hydrogens (tertiary/aromatic N) is 2. The normalized spacial score (nSPS) is 27.2. The van der Waals surface area contributed by atoms with Crippen LogP contribution in [0.5, 0.6) is 0 Å². The lowest BCUT2D eigenvalue weighted by molar-refractivity contribution is -0.0430. The van der Waals surface area contributed by atoms with Gasteiger partial charge in [-0.1, -0.05) is 11.6 Å². The molecule has 8 heteroatoms. The number of rotatable bonds is 2. The van der Waals surface area contributed by atoms with E-state index in [-0.39, 0.29) is 22.6 Å². The number of aliphatic hydroxyl groups is 2. The molecule has 0 aliphatic carbocycles. The minimum atomic E-state index is -0.756. The van der Waals surface area contributed by atoms with Crippen LogP contribution < -0.4 is 5.56 Å². The Morgan fingerprint density at radius 1 is 1.63 bits per heavy atom. The van der Waals surface area contributed by atoms with Crippen LogP contribution in [0.25, 0.3) is 11.0 Å². The lowest BCUT2D eigenvalue weighted by atomic mass is 10.2. The molecule has 3 rings (SSSR count). The van der Waals surface area contributed by atoms with E-state index in [9.17, 15) is 9.90 Å². The number of ether oxygens (including phenoxy) is 1. The Morgan fingerprint density at radius 2 is 2.42 bits per heavy atom.